The molecule has 0 bridgehead atoms. The number of alkyl carbamates (subject to hydrolysis) is 2. The number of nitriles is 1. The highest BCUT2D eigenvalue weighted by Gasteiger charge is 2.28. The maximum atomic E-state index is 12.3. The van der Waals surface area contributed by atoms with Crippen LogP contribution in [0.5, 0.6) is 0 Å². The van der Waals surface area contributed by atoms with Crippen molar-refractivity contribution in [2.75, 3.05) is 13.2 Å². The van der Waals surface area contributed by atoms with Crippen LogP contribution < -0.4 is 10.6 Å². The van der Waals surface area contributed by atoms with Crippen molar-refractivity contribution in [2.45, 2.75) is 58.3 Å². The Morgan fingerprint density at radius 2 is 1.91 bits per heavy atom. The number of amides is 2. The Morgan fingerprint density at radius 3 is 2.52 bits per heavy atom. The first-order valence-corrected chi connectivity index (χ1v) is 10.3. The first-order valence-electron chi connectivity index (χ1n) is 10.3. The summed E-state index contributed by atoms with van der Waals surface area (Å²) in [6.07, 6.45) is 0.230. The maximum Gasteiger partial charge on any atom is 0.408 e. The van der Waals surface area contributed by atoms with Gasteiger partial charge in [-0.1, -0.05) is 49.1 Å². The van der Waals surface area contributed by atoms with Crippen LogP contribution in [0, 0.1) is 11.3 Å². The average Bonchev–Trinajstić information content (AvgIpc) is 2.78. The Kier molecular flexibility index (Phi) is 11.6. The van der Waals surface area contributed by atoms with Crippen LogP contribution >= 0.6 is 0 Å². The van der Waals surface area contributed by atoms with Gasteiger partial charge in [-0.3, -0.25) is 0 Å². The number of benzene rings is 1. The number of hydrogen-bond acceptors (Lipinski definition) is 8. The van der Waals surface area contributed by atoms with Crippen LogP contribution in [0.2, 0.25) is 0 Å². The lowest BCUT2D eigenvalue weighted by molar-refractivity contribution is -0.145. The van der Waals surface area contributed by atoms with E-state index < -0.39 is 36.4 Å². The lowest BCUT2D eigenvalue weighted by Crippen LogP contribution is -2.48. The Balaban J connectivity index is 2.49. The number of rotatable bonds is 12. The number of unbranched alkanes of at least 4 members (excludes halogenated alkanes) is 1. The Hall–Kier alpha value is -3.97. The van der Waals surface area contributed by atoms with E-state index in [1.807, 2.05) is 6.92 Å². The Labute approximate surface area is 191 Å². The molecule has 12 heteroatoms. The van der Waals surface area contributed by atoms with E-state index in [0.29, 0.717) is 24.1 Å². The van der Waals surface area contributed by atoms with E-state index in [0.717, 1.165) is 6.42 Å². The van der Waals surface area contributed by atoms with Gasteiger partial charge in [0.05, 0.1) is 6.54 Å². The zero-order valence-corrected chi connectivity index (χ0v) is 18.9. The SMILES string of the molecule is CCCC[C@H](NC(=O)OC(C)(C)CNC(=O)OCc1ccc(N=[N+]=[N-])cc1)C(=O)OCC#N. The second-order valence-electron chi connectivity index (χ2n) is 7.54. The maximum absolute atomic E-state index is 12.3. The fourth-order valence-corrected chi connectivity index (χ4v) is 2.52. The van der Waals surface area contributed by atoms with E-state index in [-0.39, 0.29) is 13.2 Å². The third-order valence-electron chi connectivity index (χ3n) is 4.20. The van der Waals surface area contributed by atoms with E-state index in [1.54, 1.807) is 44.2 Å². The molecule has 1 aromatic rings. The largest absolute Gasteiger partial charge is 0.449 e. The summed E-state index contributed by atoms with van der Waals surface area (Å²) in [7, 11) is 0. The number of ether oxygens (including phenoxy) is 3. The van der Waals surface area contributed by atoms with Gasteiger partial charge in [0.15, 0.2) is 6.61 Å². The van der Waals surface area contributed by atoms with Gasteiger partial charge in [0.1, 0.15) is 24.3 Å². The zero-order valence-electron chi connectivity index (χ0n) is 18.9. The molecule has 12 nitrogen and oxygen atoms in total. The highest BCUT2D eigenvalue weighted by Crippen LogP contribution is 2.14. The van der Waals surface area contributed by atoms with E-state index in [1.165, 1.54) is 0 Å². The molecule has 1 aromatic carbocycles. The van der Waals surface area contributed by atoms with E-state index in [2.05, 4.69) is 20.7 Å². The fraction of sp³-hybridized carbons (Fsp3) is 0.524. The molecule has 0 aromatic heterocycles. The average molecular weight is 460 g/mol. The molecule has 0 spiro atoms. The van der Waals surface area contributed by atoms with Crippen LogP contribution in [0.4, 0.5) is 15.3 Å². The van der Waals surface area contributed by atoms with Crippen molar-refractivity contribution in [3.8, 4) is 6.07 Å². The van der Waals surface area contributed by atoms with Crippen molar-refractivity contribution < 1.29 is 28.6 Å². The summed E-state index contributed by atoms with van der Waals surface area (Å²) in [6, 6.07) is 7.26. The second-order valence-corrected chi connectivity index (χ2v) is 7.54. The second kappa shape index (κ2) is 14.2. The summed E-state index contributed by atoms with van der Waals surface area (Å²) in [6.45, 7) is 4.63. The smallest absolute Gasteiger partial charge is 0.408 e. The van der Waals surface area contributed by atoms with Crippen LogP contribution in [0.1, 0.15) is 45.6 Å². The van der Waals surface area contributed by atoms with E-state index in [9.17, 15) is 14.4 Å². The molecule has 33 heavy (non-hydrogen) atoms. The first kappa shape index (κ1) is 27.1. The van der Waals surface area contributed by atoms with Crippen molar-refractivity contribution in [1.29, 1.82) is 5.26 Å². The first-order chi connectivity index (χ1) is 15.7. The minimum atomic E-state index is -1.11. The molecule has 1 rings (SSSR count). The number of carbonyl (C=O) groups excluding carboxylic acids is 3. The molecule has 1 atom stereocenters. The molecule has 0 aliphatic rings. The molecule has 0 saturated carbocycles. The van der Waals surface area contributed by atoms with Crippen LogP contribution in [-0.4, -0.2) is 43.0 Å². The number of nitrogens with zero attached hydrogens (tertiary/aromatic N) is 4. The van der Waals surface area contributed by atoms with Gasteiger partial charge < -0.3 is 24.8 Å². The molecular weight excluding hydrogens is 432 g/mol. The minimum Gasteiger partial charge on any atom is -0.449 e. The summed E-state index contributed by atoms with van der Waals surface area (Å²) in [4.78, 5) is 38.9. The molecule has 0 fully saturated rings. The molecule has 0 heterocycles. The van der Waals surface area contributed by atoms with E-state index >= 15 is 0 Å². The quantitative estimate of drug-likeness (QED) is 0.156. The van der Waals surface area contributed by atoms with Gasteiger partial charge >= 0.3 is 18.2 Å². The van der Waals surface area contributed by atoms with Crippen LogP contribution in [-0.2, 0) is 25.6 Å². The molecule has 0 aliphatic carbocycles. The molecule has 2 amide bonds. The Morgan fingerprint density at radius 1 is 1.21 bits per heavy atom. The van der Waals surface area contributed by atoms with Gasteiger partial charge in [-0.2, -0.15) is 5.26 Å². The lowest BCUT2D eigenvalue weighted by atomic mass is 10.1. The van der Waals surface area contributed by atoms with Gasteiger partial charge in [-0.25, -0.2) is 14.4 Å². The highest BCUT2D eigenvalue weighted by atomic mass is 16.6. The van der Waals surface area contributed by atoms with Crippen molar-refractivity contribution in [3.63, 3.8) is 0 Å². The molecule has 0 aliphatic heterocycles. The zero-order chi connectivity index (χ0) is 24.7. The summed E-state index contributed by atoms with van der Waals surface area (Å²) in [5, 5.41) is 17.0. The molecule has 0 unspecified atom stereocenters. The molecular formula is C21H28N6O6. The normalized spacial score (nSPS) is 11.2. The predicted octanol–water partition coefficient (Wildman–Crippen LogP) is 3.98. The van der Waals surface area contributed by atoms with Gasteiger partial charge in [-0.05, 0) is 31.4 Å². The van der Waals surface area contributed by atoms with Crippen molar-refractivity contribution in [1.82, 2.24) is 10.6 Å². The number of esters is 1. The van der Waals surface area contributed by atoms with Gasteiger partial charge in [0.25, 0.3) is 0 Å². The van der Waals surface area contributed by atoms with Crippen molar-refractivity contribution in [2.24, 2.45) is 5.11 Å². The highest BCUT2D eigenvalue weighted by molar-refractivity contribution is 5.81. The van der Waals surface area contributed by atoms with Gasteiger partial charge in [-0.15, -0.1) is 0 Å². The predicted molar refractivity (Wildman–Crippen MR) is 117 cm³/mol. The van der Waals surface area contributed by atoms with Crippen LogP contribution in [0.25, 0.3) is 10.4 Å². The summed E-state index contributed by atoms with van der Waals surface area (Å²) in [5.41, 5.74) is 8.42. The molecule has 2 N–H and O–H groups in total. The van der Waals surface area contributed by atoms with Crippen molar-refractivity contribution in [3.05, 3.63) is 40.3 Å². The van der Waals surface area contributed by atoms with Crippen LogP contribution in [0.15, 0.2) is 29.4 Å². The van der Waals surface area contributed by atoms with Crippen molar-refractivity contribution >= 4 is 23.8 Å². The lowest BCUT2D eigenvalue weighted by Gasteiger charge is -2.26. The summed E-state index contributed by atoms with van der Waals surface area (Å²) < 4.78 is 15.2. The number of nitrogens with one attached hydrogen (secondary N) is 2. The Bertz CT molecular complexity index is 890. The van der Waals surface area contributed by atoms with Gasteiger partial charge in [0.2, 0.25) is 0 Å². The van der Waals surface area contributed by atoms with E-state index in [4.69, 9.17) is 25.0 Å². The summed E-state index contributed by atoms with van der Waals surface area (Å²) in [5.74, 6) is -0.714. The monoisotopic (exact) mass is 460 g/mol. The third kappa shape index (κ3) is 11.3. The molecule has 0 radical (unpaired) electrons. The van der Waals surface area contributed by atoms with Crippen LogP contribution in [0.3, 0.4) is 0 Å². The number of azide groups is 1. The standard InChI is InChI=1S/C21H28N6O6/c1-4-5-6-17(18(28)31-12-11-22)25-20(30)33-21(2,3)14-24-19(29)32-13-15-7-9-16(10-8-15)26-27-23/h7-10,17H,4-6,12-14H2,1-3H3,(H,24,29)(H,25,30)/t17-/m0/s1. The molecule has 0 saturated heterocycles. The van der Waals surface area contributed by atoms with Gasteiger partial charge in [0, 0.05) is 10.6 Å². The minimum absolute atomic E-state index is 0.00588. The fourth-order valence-electron chi connectivity index (χ4n) is 2.52. The summed E-state index contributed by atoms with van der Waals surface area (Å²) >= 11 is 0. The molecule has 178 valence electrons. The number of carbonyl (C=O) groups is 3. The third-order valence-corrected chi connectivity index (χ3v) is 4.20. The topological polar surface area (TPSA) is 176 Å². The number of hydrogen-bond donors (Lipinski definition) is 2.